The number of carbonyl (C=O) groups is 1. The van der Waals surface area contributed by atoms with Crippen molar-refractivity contribution in [3.8, 4) is 0 Å². The second-order valence-corrected chi connectivity index (χ2v) is 4.91. The van der Waals surface area contributed by atoms with Gasteiger partial charge >= 0.3 is 0 Å². The normalized spacial score (nSPS) is 16.7. The highest BCUT2D eigenvalue weighted by atomic mass is 19.1. The Morgan fingerprint density at radius 3 is 2.67 bits per heavy atom. The van der Waals surface area contributed by atoms with E-state index in [2.05, 4.69) is 12.2 Å². The van der Waals surface area contributed by atoms with Crippen LogP contribution in [0.1, 0.15) is 30.1 Å². The summed E-state index contributed by atoms with van der Waals surface area (Å²) in [6.07, 6.45) is 2.05. The molecule has 0 bridgehead atoms. The quantitative estimate of drug-likeness (QED) is 0.875. The number of anilines is 1. The van der Waals surface area contributed by atoms with Gasteiger partial charge in [-0.25, -0.2) is 4.39 Å². The average Bonchev–Trinajstić information content (AvgIpc) is 2.39. The lowest BCUT2D eigenvalue weighted by molar-refractivity contribution is 0.0697. The number of halogens is 1. The van der Waals surface area contributed by atoms with Crippen LogP contribution in [0.15, 0.2) is 18.2 Å². The highest BCUT2D eigenvalue weighted by molar-refractivity contribution is 5.99. The highest BCUT2D eigenvalue weighted by Crippen LogP contribution is 2.22. The highest BCUT2D eigenvalue weighted by Gasteiger charge is 2.23. The third-order valence-corrected chi connectivity index (χ3v) is 3.55. The van der Waals surface area contributed by atoms with Crippen LogP contribution in [0.3, 0.4) is 0 Å². The van der Waals surface area contributed by atoms with Crippen LogP contribution in [0, 0.1) is 11.7 Å². The van der Waals surface area contributed by atoms with Gasteiger partial charge in [-0.05, 0) is 37.0 Å². The number of piperidine rings is 1. The Balaban J connectivity index is 2.20. The molecule has 0 unspecified atom stereocenters. The standard InChI is InChI=1S/C14H19FN2O/c1-10-5-7-17(8-6-10)14(18)12-9-11(15)3-4-13(12)16-2/h3-4,9-10,16H,5-8H2,1-2H3. The van der Waals surface area contributed by atoms with E-state index in [9.17, 15) is 9.18 Å². The van der Waals surface area contributed by atoms with Crippen LogP contribution in [0.4, 0.5) is 10.1 Å². The van der Waals surface area contributed by atoms with E-state index in [1.165, 1.54) is 12.1 Å². The van der Waals surface area contributed by atoms with Crippen molar-refractivity contribution in [3.63, 3.8) is 0 Å². The van der Waals surface area contributed by atoms with Crippen molar-refractivity contribution in [2.24, 2.45) is 5.92 Å². The summed E-state index contributed by atoms with van der Waals surface area (Å²) in [6, 6.07) is 4.28. The number of hydrogen-bond acceptors (Lipinski definition) is 2. The van der Waals surface area contributed by atoms with Crippen LogP contribution in [-0.4, -0.2) is 30.9 Å². The Hall–Kier alpha value is -1.58. The van der Waals surface area contributed by atoms with Gasteiger partial charge in [0.1, 0.15) is 5.82 Å². The molecule has 0 saturated carbocycles. The van der Waals surface area contributed by atoms with E-state index in [4.69, 9.17) is 0 Å². The smallest absolute Gasteiger partial charge is 0.256 e. The number of nitrogens with zero attached hydrogens (tertiary/aromatic N) is 1. The van der Waals surface area contributed by atoms with Crippen LogP contribution >= 0.6 is 0 Å². The van der Waals surface area contributed by atoms with Crippen LogP contribution in [0.2, 0.25) is 0 Å². The number of rotatable bonds is 2. The SMILES string of the molecule is CNc1ccc(F)cc1C(=O)N1CCC(C)CC1. The van der Waals surface area contributed by atoms with Crippen LogP contribution in [-0.2, 0) is 0 Å². The zero-order valence-electron chi connectivity index (χ0n) is 10.9. The topological polar surface area (TPSA) is 32.3 Å². The molecule has 0 spiro atoms. The number of carbonyl (C=O) groups excluding carboxylic acids is 1. The van der Waals surface area contributed by atoms with Gasteiger partial charge < -0.3 is 10.2 Å². The number of likely N-dealkylation sites (tertiary alicyclic amines) is 1. The van der Waals surface area contributed by atoms with E-state index in [0.717, 1.165) is 25.9 Å². The minimum atomic E-state index is -0.372. The molecule has 3 nitrogen and oxygen atoms in total. The molecule has 1 fully saturated rings. The van der Waals surface area contributed by atoms with Gasteiger partial charge in [0, 0.05) is 25.8 Å². The summed E-state index contributed by atoms with van der Waals surface area (Å²) < 4.78 is 13.3. The van der Waals surface area contributed by atoms with Crippen molar-refractivity contribution in [2.75, 3.05) is 25.5 Å². The molecule has 1 aliphatic rings. The molecule has 4 heteroatoms. The maximum Gasteiger partial charge on any atom is 0.256 e. The van der Waals surface area contributed by atoms with E-state index in [0.29, 0.717) is 17.2 Å². The Morgan fingerprint density at radius 1 is 1.39 bits per heavy atom. The van der Waals surface area contributed by atoms with Crippen molar-refractivity contribution in [1.29, 1.82) is 0 Å². The number of hydrogen-bond donors (Lipinski definition) is 1. The Labute approximate surface area is 107 Å². The number of nitrogens with one attached hydrogen (secondary N) is 1. The molecule has 1 aliphatic heterocycles. The molecule has 18 heavy (non-hydrogen) atoms. The van der Waals surface area contributed by atoms with Gasteiger partial charge in [0.25, 0.3) is 5.91 Å². The maximum absolute atomic E-state index is 13.3. The van der Waals surface area contributed by atoms with E-state index < -0.39 is 0 Å². The lowest BCUT2D eigenvalue weighted by Gasteiger charge is -2.30. The fourth-order valence-electron chi connectivity index (χ4n) is 2.29. The molecule has 1 N–H and O–H groups in total. The summed E-state index contributed by atoms with van der Waals surface area (Å²) in [5, 5.41) is 2.94. The fourth-order valence-corrected chi connectivity index (χ4v) is 2.29. The molecule has 0 atom stereocenters. The molecule has 1 saturated heterocycles. The lowest BCUT2D eigenvalue weighted by Crippen LogP contribution is -2.38. The lowest BCUT2D eigenvalue weighted by atomic mass is 9.98. The van der Waals surface area contributed by atoms with Gasteiger partial charge in [0.2, 0.25) is 0 Å². The van der Waals surface area contributed by atoms with Crippen molar-refractivity contribution >= 4 is 11.6 Å². The summed E-state index contributed by atoms with van der Waals surface area (Å²) in [7, 11) is 1.74. The molecule has 0 aromatic heterocycles. The van der Waals surface area contributed by atoms with Gasteiger partial charge in [-0.1, -0.05) is 6.92 Å². The second kappa shape index (κ2) is 5.38. The summed E-state index contributed by atoms with van der Waals surface area (Å²) in [5.41, 5.74) is 1.10. The third kappa shape index (κ3) is 2.63. The average molecular weight is 250 g/mol. The predicted octanol–water partition coefficient (Wildman–Crippen LogP) is 2.74. The van der Waals surface area contributed by atoms with E-state index in [1.54, 1.807) is 13.1 Å². The third-order valence-electron chi connectivity index (χ3n) is 3.55. The minimum Gasteiger partial charge on any atom is -0.387 e. The van der Waals surface area contributed by atoms with E-state index in [-0.39, 0.29) is 11.7 Å². The molecule has 1 heterocycles. The zero-order valence-corrected chi connectivity index (χ0v) is 10.9. The summed E-state index contributed by atoms with van der Waals surface area (Å²) in [4.78, 5) is 14.2. The van der Waals surface area contributed by atoms with Crippen molar-refractivity contribution in [1.82, 2.24) is 4.90 Å². The molecule has 1 aromatic rings. The first-order valence-corrected chi connectivity index (χ1v) is 6.38. The minimum absolute atomic E-state index is 0.0780. The van der Waals surface area contributed by atoms with Gasteiger partial charge in [-0.15, -0.1) is 0 Å². The largest absolute Gasteiger partial charge is 0.387 e. The van der Waals surface area contributed by atoms with Crippen molar-refractivity contribution in [2.45, 2.75) is 19.8 Å². The summed E-state index contributed by atoms with van der Waals surface area (Å²) in [6.45, 7) is 3.72. The Morgan fingerprint density at radius 2 is 2.06 bits per heavy atom. The van der Waals surface area contributed by atoms with Crippen molar-refractivity contribution < 1.29 is 9.18 Å². The predicted molar refractivity (Wildman–Crippen MR) is 70.2 cm³/mol. The zero-order chi connectivity index (χ0) is 13.1. The van der Waals surface area contributed by atoms with Crippen molar-refractivity contribution in [3.05, 3.63) is 29.6 Å². The number of benzene rings is 1. The fraction of sp³-hybridized carbons (Fsp3) is 0.500. The molecule has 1 amide bonds. The number of amides is 1. The molecule has 1 aromatic carbocycles. The van der Waals surface area contributed by atoms with E-state index in [1.807, 2.05) is 4.90 Å². The molecule has 2 rings (SSSR count). The first-order valence-electron chi connectivity index (χ1n) is 6.38. The Bertz CT molecular complexity index is 439. The molecule has 0 radical (unpaired) electrons. The van der Waals surface area contributed by atoms with Crippen LogP contribution in [0.5, 0.6) is 0 Å². The summed E-state index contributed by atoms with van der Waals surface area (Å²) >= 11 is 0. The maximum atomic E-state index is 13.3. The molecular formula is C14H19FN2O. The first kappa shape index (κ1) is 12.9. The molecule has 0 aliphatic carbocycles. The monoisotopic (exact) mass is 250 g/mol. The van der Waals surface area contributed by atoms with Gasteiger partial charge in [0.05, 0.1) is 5.56 Å². The second-order valence-electron chi connectivity index (χ2n) is 4.91. The molecular weight excluding hydrogens is 231 g/mol. The van der Waals surface area contributed by atoms with Gasteiger partial charge in [-0.2, -0.15) is 0 Å². The molecule has 98 valence electrons. The van der Waals surface area contributed by atoms with Crippen LogP contribution < -0.4 is 5.32 Å². The van der Waals surface area contributed by atoms with Crippen LogP contribution in [0.25, 0.3) is 0 Å². The van der Waals surface area contributed by atoms with Gasteiger partial charge in [-0.3, -0.25) is 4.79 Å². The first-order chi connectivity index (χ1) is 8.61. The Kier molecular flexibility index (Phi) is 3.84. The van der Waals surface area contributed by atoms with E-state index >= 15 is 0 Å². The summed E-state index contributed by atoms with van der Waals surface area (Å²) in [5.74, 6) is 0.221. The van der Waals surface area contributed by atoms with Gasteiger partial charge in [0.15, 0.2) is 0 Å².